The van der Waals surface area contributed by atoms with E-state index in [0.717, 1.165) is 49.7 Å². The fourth-order valence-corrected chi connectivity index (χ4v) is 3.96. The molecule has 2 aliphatic rings. The lowest BCUT2D eigenvalue weighted by atomic mass is 9.96. The van der Waals surface area contributed by atoms with Crippen molar-refractivity contribution in [3.8, 4) is 11.5 Å². The van der Waals surface area contributed by atoms with E-state index in [-0.39, 0.29) is 12.7 Å². The Morgan fingerprint density at radius 1 is 1.25 bits per heavy atom. The van der Waals surface area contributed by atoms with Gasteiger partial charge in [-0.1, -0.05) is 13.8 Å². The molecule has 7 heteroatoms. The van der Waals surface area contributed by atoms with Crippen LogP contribution >= 0.6 is 0 Å². The standard InChI is InChI=1S/C21H28N4O3/c1-15(2)21-22-7-10-25(21)12-16-5-8-24(9-6-16)13-20(26)23-17-3-4-18-19(11-17)28-14-27-18/h3-4,7,10-11,15-16H,5-6,8-9,12-14H2,1-2H3,(H,23,26). The zero-order chi connectivity index (χ0) is 19.5. The first kappa shape index (κ1) is 18.8. The van der Waals surface area contributed by atoms with Gasteiger partial charge in [-0.25, -0.2) is 4.98 Å². The molecule has 2 aliphatic heterocycles. The molecule has 4 rings (SSSR count). The van der Waals surface area contributed by atoms with Crippen molar-refractivity contribution in [3.05, 3.63) is 36.4 Å². The third-order valence-electron chi connectivity index (χ3n) is 5.45. The van der Waals surface area contributed by atoms with E-state index in [1.165, 1.54) is 0 Å². The summed E-state index contributed by atoms with van der Waals surface area (Å²) in [6, 6.07) is 5.48. The molecule has 2 aromatic rings. The number of imidazole rings is 1. The molecule has 1 amide bonds. The van der Waals surface area contributed by atoms with Crippen LogP contribution in [0.3, 0.4) is 0 Å². The number of carbonyl (C=O) groups excluding carboxylic acids is 1. The summed E-state index contributed by atoms with van der Waals surface area (Å²) in [5, 5.41) is 2.96. The minimum atomic E-state index is 0.00835. The Labute approximate surface area is 165 Å². The van der Waals surface area contributed by atoms with Crippen molar-refractivity contribution in [2.75, 3.05) is 31.7 Å². The van der Waals surface area contributed by atoms with Crippen molar-refractivity contribution in [1.29, 1.82) is 0 Å². The lowest BCUT2D eigenvalue weighted by Gasteiger charge is -2.32. The highest BCUT2D eigenvalue weighted by atomic mass is 16.7. The molecule has 0 spiro atoms. The number of anilines is 1. The number of hydrogen-bond acceptors (Lipinski definition) is 5. The molecule has 1 saturated heterocycles. The van der Waals surface area contributed by atoms with Gasteiger partial charge in [0.2, 0.25) is 12.7 Å². The molecular weight excluding hydrogens is 356 g/mol. The molecule has 0 saturated carbocycles. The number of ether oxygens (including phenoxy) is 2. The van der Waals surface area contributed by atoms with E-state index in [1.807, 2.05) is 24.4 Å². The van der Waals surface area contributed by atoms with Crippen LogP contribution in [0.4, 0.5) is 5.69 Å². The first-order valence-corrected chi connectivity index (χ1v) is 10.0. The van der Waals surface area contributed by atoms with Gasteiger partial charge < -0.3 is 19.4 Å². The summed E-state index contributed by atoms with van der Waals surface area (Å²) in [5.74, 6) is 3.65. The molecule has 1 fully saturated rings. The van der Waals surface area contributed by atoms with E-state index in [4.69, 9.17) is 9.47 Å². The topological polar surface area (TPSA) is 68.6 Å². The summed E-state index contributed by atoms with van der Waals surface area (Å²) in [4.78, 5) is 19.1. The van der Waals surface area contributed by atoms with Gasteiger partial charge in [-0.3, -0.25) is 9.69 Å². The molecular formula is C21H28N4O3. The van der Waals surface area contributed by atoms with Crippen LogP contribution < -0.4 is 14.8 Å². The summed E-state index contributed by atoms with van der Waals surface area (Å²) < 4.78 is 12.9. The second kappa shape index (κ2) is 8.22. The zero-order valence-electron chi connectivity index (χ0n) is 16.6. The number of nitrogens with one attached hydrogen (secondary N) is 1. The fourth-order valence-electron chi connectivity index (χ4n) is 3.96. The SMILES string of the molecule is CC(C)c1nccn1CC1CCN(CC(=O)Nc2ccc3c(c2)OCO3)CC1. The minimum absolute atomic E-state index is 0.00835. The summed E-state index contributed by atoms with van der Waals surface area (Å²) in [5.41, 5.74) is 0.741. The minimum Gasteiger partial charge on any atom is -0.454 e. The van der Waals surface area contributed by atoms with Crippen LogP contribution in [0.5, 0.6) is 11.5 Å². The van der Waals surface area contributed by atoms with E-state index in [9.17, 15) is 4.79 Å². The van der Waals surface area contributed by atoms with Crippen molar-refractivity contribution < 1.29 is 14.3 Å². The number of amides is 1. The molecule has 1 aromatic carbocycles. The molecule has 0 unspecified atom stereocenters. The Kier molecular flexibility index (Phi) is 5.52. The Balaban J connectivity index is 1.24. The molecule has 7 nitrogen and oxygen atoms in total. The first-order valence-electron chi connectivity index (χ1n) is 10.0. The first-order chi connectivity index (χ1) is 13.6. The van der Waals surface area contributed by atoms with Crippen LogP contribution in [0.2, 0.25) is 0 Å². The molecule has 0 aliphatic carbocycles. The highest BCUT2D eigenvalue weighted by molar-refractivity contribution is 5.92. The van der Waals surface area contributed by atoms with Gasteiger partial charge in [0.05, 0.1) is 6.54 Å². The number of aromatic nitrogens is 2. The van der Waals surface area contributed by atoms with E-state index < -0.39 is 0 Å². The highest BCUT2D eigenvalue weighted by Crippen LogP contribution is 2.34. The molecule has 1 aromatic heterocycles. The van der Waals surface area contributed by atoms with Gasteiger partial charge in [-0.05, 0) is 44.0 Å². The Morgan fingerprint density at radius 2 is 2.04 bits per heavy atom. The monoisotopic (exact) mass is 384 g/mol. The van der Waals surface area contributed by atoms with E-state index in [2.05, 4.69) is 39.8 Å². The molecule has 3 heterocycles. The molecule has 0 bridgehead atoms. The third kappa shape index (κ3) is 4.30. The van der Waals surface area contributed by atoms with Gasteiger partial charge >= 0.3 is 0 Å². The number of rotatable bonds is 6. The van der Waals surface area contributed by atoms with Gasteiger partial charge in [0, 0.05) is 36.6 Å². The maximum absolute atomic E-state index is 12.4. The largest absolute Gasteiger partial charge is 0.454 e. The second-order valence-corrected chi connectivity index (χ2v) is 7.93. The van der Waals surface area contributed by atoms with Crippen LogP contribution in [-0.4, -0.2) is 46.8 Å². The molecule has 1 N–H and O–H groups in total. The fraction of sp³-hybridized carbons (Fsp3) is 0.524. The van der Waals surface area contributed by atoms with Crippen molar-refractivity contribution in [3.63, 3.8) is 0 Å². The number of likely N-dealkylation sites (tertiary alicyclic amines) is 1. The van der Waals surface area contributed by atoms with E-state index in [1.54, 1.807) is 0 Å². The number of fused-ring (bicyclic) bond motifs is 1. The smallest absolute Gasteiger partial charge is 0.238 e. The number of nitrogens with zero attached hydrogens (tertiary/aromatic N) is 3. The molecule has 150 valence electrons. The summed E-state index contributed by atoms with van der Waals surface area (Å²) in [6.07, 6.45) is 6.19. The normalized spacial score (nSPS) is 17.2. The third-order valence-corrected chi connectivity index (χ3v) is 5.45. The molecule has 0 radical (unpaired) electrons. The number of benzene rings is 1. The van der Waals surface area contributed by atoms with E-state index >= 15 is 0 Å². The summed E-state index contributed by atoms with van der Waals surface area (Å²) in [6.45, 7) is 7.93. The Bertz CT molecular complexity index is 825. The van der Waals surface area contributed by atoms with Crippen LogP contribution in [0, 0.1) is 5.92 Å². The van der Waals surface area contributed by atoms with Crippen LogP contribution in [0.1, 0.15) is 38.4 Å². The van der Waals surface area contributed by atoms with Gasteiger partial charge in [-0.2, -0.15) is 0 Å². The lowest BCUT2D eigenvalue weighted by Crippen LogP contribution is -2.40. The number of hydrogen-bond donors (Lipinski definition) is 1. The van der Waals surface area contributed by atoms with Crippen molar-refractivity contribution in [1.82, 2.24) is 14.5 Å². The van der Waals surface area contributed by atoms with Crippen molar-refractivity contribution >= 4 is 11.6 Å². The predicted octanol–water partition coefficient (Wildman–Crippen LogP) is 3.09. The molecule has 0 atom stereocenters. The highest BCUT2D eigenvalue weighted by Gasteiger charge is 2.22. The molecule has 28 heavy (non-hydrogen) atoms. The summed E-state index contributed by atoms with van der Waals surface area (Å²) in [7, 11) is 0. The zero-order valence-corrected chi connectivity index (χ0v) is 16.6. The van der Waals surface area contributed by atoms with Crippen LogP contribution in [0.25, 0.3) is 0 Å². The average molecular weight is 384 g/mol. The van der Waals surface area contributed by atoms with Crippen LogP contribution in [0.15, 0.2) is 30.6 Å². The maximum atomic E-state index is 12.4. The quantitative estimate of drug-likeness (QED) is 0.829. The average Bonchev–Trinajstić information content (AvgIpc) is 3.32. The number of piperidine rings is 1. The van der Waals surface area contributed by atoms with Gasteiger partial charge in [0.1, 0.15) is 5.82 Å². The second-order valence-electron chi connectivity index (χ2n) is 7.93. The Morgan fingerprint density at radius 3 is 2.82 bits per heavy atom. The van der Waals surface area contributed by atoms with E-state index in [0.29, 0.717) is 24.1 Å². The van der Waals surface area contributed by atoms with Gasteiger partial charge in [0.25, 0.3) is 0 Å². The number of carbonyl (C=O) groups is 1. The van der Waals surface area contributed by atoms with Crippen molar-refractivity contribution in [2.45, 2.75) is 39.2 Å². The van der Waals surface area contributed by atoms with Gasteiger partial charge in [0.15, 0.2) is 11.5 Å². The lowest BCUT2D eigenvalue weighted by molar-refractivity contribution is -0.117. The maximum Gasteiger partial charge on any atom is 0.238 e. The predicted molar refractivity (Wildman–Crippen MR) is 107 cm³/mol. The summed E-state index contributed by atoms with van der Waals surface area (Å²) >= 11 is 0. The van der Waals surface area contributed by atoms with Crippen molar-refractivity contribution in [2.24, 2.45) is 5.92 Å². The Hall–Kier alpha value is -2.54. The van der Waals surface area contributed by atoms with Gasteiger partial charge in [-0.15, -0.1) is 0 Å². The van der Waals surface area contributed by atoms with Crippen LogP contribution in [-0.2, 0) is 11.3 Å².